The van der Waals surface area contributed by atoms with Crippen molar-refractivity contribution < 1.29 is 22.8 Å². The molecule has 0 amide bonds. The third-order valence-electron chi connectivity index (χ3n) is 3.35. The van der Waals surface area contributed by atoms with Gasteiger partial charge in [-0.1, -0.05) is 0 Å². The Morgan fingerprint density at radius 1 is 1.59 bits per heavy atom. The second-order valence-corrected chi connectivity index (χ2v) is 4.81. The molecule has 0 aromatic carbocycles. The van der Waals surface area contributed by atoms with E-state index in [1.807, 2.05) is 5.38 Å². The minimum atomic E-state index is -2.94. The fraction of sp³-hybridized carbons (Fsp3) is 0.417. The van der Waals surface area contributed by atoms with E-state index in [9.17, 15) is 15.3 Å². The zero-order chi connectivity index (χ0) is 17.7. The van der Waals surface area contributed by atoms with Crippen molar-refractivity contribution in [3.63, 3.8) is 0 Å². The van der Waals surface area contributed by atoms with Gasteiger partial charge in [-0.3, -0.25) is 4.57 Å². The number of aromatic nitrogens is 4. The van der Waals surface area contributed by atoms with Crippen LogP contribution in [0.25, 0.3) is 11.2 Å². The molecular formula is C12H12ClN5O4. The zero-order valence-electron chi connectivity index (χ0n) is 12.9. The second kappa shape index (κ2) is 5.35. The number of aliphatic hydroxyl groups is 3. The van der Waals surface area contributed by atoms with Crippen molar-refractivity contribution in [1.82, 2.24) is 19.5 Å². The van der Waals surface area contributed by atoms with Gasteiger partial charge in [0.15, 0.2) is 11.9 Å². The molecule has 1 unspecified atom stereocenters. The molecular weight excluding hydrogens is 314 g/mol. The predicted octanol–water partition coefficient (Wildman–Crippen LogP) is -1.41. The average molecular weight is 328 g/mol. The third kappa shape index (κ3) is 2.09. The van der Waals surface area contributed by atoms with Crippen molar-refractivity contribution in [2.24, 2.45) is 0 Å². The van der Waals surface area contributed by atoms with Gasteiger partial charge < -0.3 is 25.8 Å². The lowest BCUT2D eigenvalue weighted by atomic mass is 9.95. The lowest BCUT2D eigenvalue weighted by molar-refractivity contribution is -0.0721. The number of imidazole rings is 1. The molecule has 22 heavy (non-hydrogen) atoms. The number of nitrogen functional groups attached to an aromatic ring is 1. The van der Waals surface area contributed by atoms with Crippen LogP contribution < -0.4 is 5.73 Å². The standard InChI is InChI=1S/C12H12ClN5O4/c13-2-1-12(21)8(20)7(4-19)22-10(12)18-5-16-6-3-15-11(14)17-9(6)18/h3,5,7-8,10,19-21H,4H2,(H2,14,15,17)/t7-,8+,10-,12?/m1/s1/i4D2. The van der Waals surface area contributed by atoms with Gasteiger partial charge in [0.05, 0.1) is 21.8 Å². The Morgan fingerprint density at radius 3 is 3.05 bits per heavy atom. The third-order valence-corrected chi connectivity index (χ3v) is 3.45. The topological polar surface area (TPSA) is 140 Å². The zero-order valence-corrected chi connectivity index (χ0v) is 11.6. The van der Waals surface area contributed by atoms with Crippen molar-refractivity contribution in [1.29, 1.82) is 0 Å². The normalized spacial score (nSPS) is 33.2. The van der Waals surface area contributed by atoms with E-state index in [-0.39, 0.29) is 11.6 Å². The fourth-order valence-corrected chi connectivity index (χ4v) is 2.45. The molecule has 1 saturated heterocycles. The molecule has 0 saturated carbocycles. The van der Waals surface area contributed by atoms with Gasteiger partial charge in [-0.25, -0.2) is 9.97 Å². The molecule has 4 atom stereocenters. The van der Waals surface area contributed by atoms with Gasteiger partial charge in [0, 0.05) is 5.38 Å². The first-order valence-corrected chi connectivity index (χ1v) is 6.42. The summed E-state index contributed by atoms with van der Waals surface area (Å²) in [5.74, 6) is 2.12. The van der Waals surface area contributed by atoms with Crippen molar-refractivity contribution in [3.8, 4) is 11.3 Å². The summed E-state index contributed by atoms with van der Waals surface area (Å²) in [4.78, 5) is 11.8. The highest BCUT2D eigenvalue weighted by Crippen LogP contribution is 2.39. The van der Waals surface area contributed by atoms with Crippen LogP contribution in [0.3, 0.4) is 0 Å². The van der Waals surface area contributed by atoms with E-state index in [4.69, 9.17) is 24.8 Å². The number of fused-ring (bicyclic) bond motifs is 1. The van der Waals surface area contributed by atoms with Gasteiger partial charge >= 0.3 is 0 Å². The quantitative estimate of drug-likeness (QED) is 0.493. The molecule has 0 aliphatic carbocycles. The van der Waals surface area contributed by atoms with Crippen LogP contribution in [0.4, 0.5) is 5.95 Å². The highest BCUT2D eigenvalue weighted by Gasteiger charge is 2.56. The van der Waals surface area contributed by atoms with Crippen LogP contribution in [0.5, 0.6) is 0 Å². The molecule has 1 aliphatic heterocycles. The summed E-state index contributed by atoms with van der Waals surface area (Å²) in [5, 5.41) is 32.5. The molecule has 10 heteroatoms. The van der Waals surface area contributed by atoms with Gasteiger partial charge in [-0.05, 0) is 17.5 Å². The second-order valence-electron chi connectivity index (χ2n) is 4.62. The maximum Gasteiger partial charge on any atom is 0.222 e. The first kappa shape index (κ1) is 12.6. The van der Waals surface area contributed by atoms with Gasteiger partial charge in [0.25, 0.3) is 0 Å². The largest absolute Gasteiger partial charge is 0.394 e. The van der Waals surface area contributed by atoms with E-state index >= 15 is 0 Å². The van der Waals surface area contributed by atoms with Gasteiger partial charge in [0.2, 0.25) is 11.5 Å². The lowest BCUT2D eigenvalue weighted by Crippen LogP contribution is -2.45. The molecule has 0 radical (unpaired) electrons. The number of nitrogens with two attached hydrogens (primary N) is 1. The van der Waals surface area contributed by atoms with Gasteiger partial charge in [0.1, 0.15) is 17.7 Å². The minimum absolute atomic E-state index is 0.0659. The molecule has 1 aliphatic rings. The van der Waals surface area contributed by atoms with Crippen molar-refractivity contribution in [2.75, 3.05) is 12.3 Å². The average Bonchev–Trinajstić information content (AvgIpc) is 2.99. The number of nitrogens with zero attached hydrogens (tertiary/aromatic N) is 4. The van der Waals surface area contributed by atoms with E-state index in [1.54, 1.807) is 0 Å². The fourth-order valence-electron chi connectivity index (χ4n) is 2.30. The maximum atomic E-state index is 10.7. The summed E-state index contributed by atoms with van der Waals surface area (Å²) in [6, 6.07) is 0. The number of aliphatic hydroxyl groups excluding tert-OH is 1. The first-order chi connectivity index (χ1) is 11.2. The lowest BCUT2D eigenvalue weighted by Gasteiger charge is -2.26. The number of rotatable bonds is 2. The molecule has 3 rings (SSSR count). The summed E-state index contributed by atoms with van der Waals surface area (Å²) in [6.07, 6.45) is -2.57. The molecule has 2 aromatic heterocycles. The van der Waals surface area contributed by atoms with Crippen LogP contribution in [0.2, 0.25) is 0 Å². The van der Waals surface area contributed by atoms with E-state index in [2.05, 4.69) is 20.9 Å². The van der Waals surface area contributed by atoms with Crippen LogP contribution in [0.1, 0.15) is 8.97 Å². The Kier molecular flexibility index (Phi) is 3.06. The molecule has 1 fully saturated rings. The van der Waals surface area contributed by atoms with Gasteiger partial charge in [-0.2, -0.15) is 4.98 Å². The van der Waals surface area contributed by atoms with E-state index in [1.165, 1.54) is 17.1 Å². The summed E-state index contributed by atoms with van der Waals surface area (Å²) in [5.41, 5.74) is 3.69. The van der Waals surface area contributed by atoms with Crippen LogP contribution in [-0.4, -0.2) is 59.2 Å². The van der Waals surface area contributed by atoms with E-state index in [0.717, 1.165) is 0 Å². The Labute approximate surface area is 132 Å². The number of anilines is 1. The summed E-state index contributed by atoms with van der Waals surface area (Å²) in [7, 11) is 0. The van der Waals surface area contributed by atoms with E-state index < -0.39 is 30.6 Å². The number of ether oxygens (including phenoxy) is 1. The summed E-state index contributed by atoms with van der Waals surface area (Å²) < 4.78 is 21.2. The molecule has 9 nitrogen and oxygen atoms in total. The number of hydrogen-bond donors (Lipinski definition) is 4. The summed E-state index contributed by atoms with van der Waals surface area (Å²) in [6.45, 7) is -2.94. The number of hydrogen-bond acceptors (Lipinski definition) is 8. The molecule has 0 bridgehead atoms. The molecule has 0 spiro atoms. The smallest absolute Gasteiger partial charge is 0.222 e. The van der Waals surface area contributed by atoms with Crippen LogP contribution in [0, 0.1) is 11.3 Å². The van der Waals surface area contributed by atoms with Crippen LogP contribution >= 0.6 is 11.6 Å². The highest BCUT2D eigenvalue weighted by molar-refractivity contribution is 6.30. The maximum absolute atomic E-state index is 10.7. The monoisotopic (exact) mass is 327 g/mol. The Balaban J connectivity index is 2.16. The molecule has 2 aromatic rings. The Hall–Kier alpha value is -1.96. The van der Waals surface area contributed by atoms with Crippen molar-refractivity contribution in [2.45, 2.75) is 24.0 Å². The molecule has 116 valence electrons. The van der Waals surface area contributed by atoms with Gasteiger partial charge in [-0.15, -0.1) is 0 Å². The highest BCUT2D eigenvalue weighted by atomic mass is 35.5. The summed E-state index contributed by atoms with van der Waals surface area (Å²) >= 11 is 5.35. The number of halogens is 1. The first-order valence-electron chi connectivity index (χ1n) is 7.04. The van der Waals surface area contributed by atoms with Crippen LogP contribution in [-0.2, 0) is 4.74 Å². The van der Waals surface area contributed by atoms with E-state index in [0.29, 0.717) is 5.52 Å². The van der Waals surface area contributed by atoms with Crippen LogP contribution in [0.15, 0.2) is 12.5 Å². The predicted molar refractivity (Wildman–Crippen MR) is 75.3 cm³/mol. The SMILES string of the molecule is [2H]C([2H])(O)[C@H]1O[C@@H](n2cnc3cnc(N)nc32)C(O)(C#CCl)[C@H]1O. The Morgan fingerprint density at radius 2 is 2.36 bits per heavy atom. The van der Waals surface area contributed by atoms with Crippen molar-refractivity contribution in [3.05, 3.63) is 12.5 Å². The minimum Gasteiger partial charge on any atom is -0.394 e. The molecule has 5 N–H and O–H groups in total. The Bertz CT molecular complexity index is 847. The molecule has 3 heterocycles. The van der Waals surface area contributed by atoms with Crippen molar-refractivity contribution >= 4 is 28.7 Å².